The maximum absolute atomic E-state index is 11.3. The van der Waals surface area contributed by atoms with E-state index in [-0.39, 0.29) is 5.75 Å². The number of aromatic hydroxyl groups is 1. The van der Waals surface area contributed by atoms with Crippen molar-refractivity contribution in [2.75, 3.05) is 13.1 Å². The minimum Gasteiger partial charge on any atom is -0.508 e. The van der Waals surface area contributed by atoms with Crippen molar-refractivity contribution >= 4 is 5.97 Å². The van der Waals surface area contributed by atoms with Crippen LogP contribution in [0.5, 0.6) is 5.75 Å². The second kappa shape index (κ2) is 3.55. The van der Waals surface area contributed by atoms with Crippen LogP contribution >= 0.6 is 0 Å². The van der Waals surface area contributed by atoms with Gasteiger partial charge in [-0.15, -0.1) is 0 Å². The zero-order valence-electron chi connectivity index (χ0n) is 8.23. The highest BCUT2D eigenvalue weighted by atomic mass is 16.4. The predicted octanol–water partition coefficient (Wildman–Crippen LogP) is 0.708. The molecule has 0 saturated carbocycles. The van der Waals surface area contributed by atoms with Gasteiger partial charge in [-0.25, -0.2) is 0 Å². The van der Waals surface area contributed by atoms with Crippen molar-refractivity contribution in [3.05, 3.63) is 29.8 Å². The normalized spacial score (nSPS) is 25.3. The molecular weight excluding hydrogens is 194 g/mol. The molecule has 2 rings (SSSR count). The fourth-order valence-corrected chi connectivity index (χ4v) is 2.10. The first-order valence-electron chi connectivity index (χ1n) is 4.89. The van der Waals surface area contributed by atoms with Crippen LogP contribution < -0.4 is 5.32 Å². The Balaban J connectivity index is 2.50. The molecular formula is C11H13NO3. The van der Waals surface area contributed by atoms with Crippen LogP contribution in [0.2, 0.25) is 0 Å². The quantitative estimate of drug-likeness (QED) is 0.668. The average Bonchev–Trinajstić information content (AvgIpc) is 2.68. The van der Waals surface area contributed by atoms with Gasteiger partial charge in [0.1, 0.15) is 11.2 Å². The van der Waals surface area contributed by atoms with E-state index in [9.17, 15) is 15.0 Å². The zero-order chi connectivity index (χ0) is 10.9. The highest BCUT2D eigenvalue weighted by molar-refractivity contribution is 5.83. The van der Waals surface area contributed by atoms with E-state index in [0.29, 0.717) is 25.1 Å². The summed E-state index contributed by atoms with van der Waals surface area (Å²) in [6, 6.07) is 6.64. The molecule has 3 N–H and O–H groups in total. The van der Waals surface area contributed by atoms with Gasteiger partial charge in [0.15, 0.2) is 0 Å². The summed E-state index contributed by atoms with van der Waals surface area (Å²) in [6.07, 6.45) is 0.514. The van der Waals surface area contributed by atoms with E-state index in [1.807, 2.05) is 0 Å². The second-order valence-corrected chi connectivity index (χ2v) is 3.83. The molecule has 1 fully saturated rings. The molecule has 1 aromatic carbocycles. The molecule has 0 aromatic heterocycles. The third-order valence-electron chi connectivity index (χ3n) is 2.98. The van der Waals surface area contributed by atoms with Crippen molar-refractivity contribution in [2.45, 2.75) is 11.8 Å². The Morgan fingerprint density at radius 3 is 2.67 bits per heavy atom. The molecule has 1 aliphatic heterocycles. The van der Waals surface area contributed by atoms with Crippen molar-refractivity contribution in [1.29, 1.82) is 0 Å². The van der Waals surface area contributed by atoms with Crippen LogP contribution in [0.1, 0.15) is 12.0 Å². The molecule has 0 aliphatic carbocycles. The van der Waals surface area contributed by atoms with Gasteiger partial charge < -0.3 is 15.5 Å². The summed E-state index contributed by atoms with van der Waals surface area (Å²) < 4.78 is 0. The van der Waals surface area contributed by atoms with Gasteiger partial charge in [0.25, 0.3) is 0 Å². The number of hydrogen-bond donors (Lipinski definition) is 3. The number of phenols is 1. The van der Waals surface area contributed by atoms with E-state index in [2.05, 4.69) is 5.32 Å². The Morgan fingerprint density at radius 1 is 1.40 bits per heavy atom. The molecule has 1 aliphatic rings. The molecule has 80 valence electrons. The molecule has 0 amide bonds. The van der Waals surface area contributed by atoms with E-state index >= 15 is 0 Å². The Morgan fingerprint density at radius 2 is 2.13 bits per heavy atom. The number of para-hydroxylation sites is 1. The minimum atomic E-state index is -0.967. The van der Waals surface area contributed by atoms with Gasteiger partial charge in [0.05, 0.1) is 0 Å². The molecule has 0 bridgehead atoms. The molecule has 4 heteroatoms. The number of phenolic OH excluding ortho intramolecular Hbond substituents is 1. The number of hydrogen-bond acceptors (Lipinski definition) is 3. The molecule has 1 heterocycles. The number of benzene rings is 1. The van der Waals surface area contributed by atoms with Gasteiger partial charge >= 0.3 is 5.97 Å². The van der Waals surface area contributed by atoms with Gasteiger partial charge in [-0.3, -0.25) is 4.79 Å². The Hall–Kier alpha value is -1.55. The lowest BCUT2D eigenvalue weighted by molar-refractivity contribution is -0.143. The Labute approximate surface area is 87.6 Å². The van der Waals surface area contributed by atoms with Crippen LogP contribution in [-0.2, 0) is 10.2 Å². The topological polar surface area (TPSA) is 69.6 Å². The number of nitrogens with one attached hydrogen (secondary N) is 1. The first-order chi connectivity index (χ1) is 7.17. The Kier molecular flexibility index (Phi) is 2.36. The minimum absolute atomic E-state index is 0.0589. The molecule has 4 nitrogen and oxygen atoms in total. The Bertz CT molecular complexity index is 383. The lowest BCUT2D eigenvalue weighted by Crippen LogP contribution is -2.37. The molecule has 0 radical (unpaired) electrons. The van der Waals surface area contributed by atoms with E-state index in [0.717, 1.165) is 0 Å². The van der Waals surface area contributed by atoms with Crippen LogP contribution in [0.4, 0.5) is 0 Å². The zero-order valence-corrected chi connectivity index (χ0v) is 8.23. The fraction of sp³-hybridized carbons (Fsp3) is 0.364. The molecule has 1 saturated heterocycles. The van der Waals surface area contributed by atoms with Gasteiger partial charge in [0.2, 0.25) is 0 Å². The molecule has 0 spiro atoms. The number of rotatable bonds is 2. The molecule has 1 aromatic rings. The third kappa shape index (κ3) is 1.47. The molecule has 15 heavy (non-hydrogen) atoms. The lowest BCUT2D eigenvalue weighted by atomic mass is 9.79. The lowest BCUT2D eigenvalue weighted by Gasteiger charge is -2.24. The van der Waals surface area contributed by atoms with Crippen LogP contribution in [-0.4, -0.2) is 29.3 Å². The summed E-state index contributed by atoms with van der Waals surface area (Å²) in [5.74, 6) is -0.822. The SMILES string of the molecule is O=C(O)C1(c2ccccc2O)CCNC1. The van der Waals surface area contributed by atoms with Gasteiger partial charge in [0, 0.05) is 12.1 Å². The first kappa shape index (κ1) is 9.98. The first-order valence-corrected chi connectivity index (χ1v) is 4.89. The summed E-state index contributed by atoms with van der Waals surface area (Å²) in [4.78, 5) is 11.3. The third-order valence-corrected chi connectivity index (χ3v) is 2.98. The maximum atomic E-state index is 11.3. The van der Waals surface area contributed by atoms with Gasteiger partial charge in [-0.05, 0) is 19.0 Å². The standard InChI is InChI=1S/C11H13NO3/c13-9-4-2-1-3-8(9)11(10(14)15)5-6-12-7-11/h1-4,12-13H,5-7H2,(H,14,15). The van der Waals surface area contributed by atoms with Crippen molar-refractivity contribution in [3.8, 4) is 5.75 Å². The van der Waals surface area contributed by atoms with Crippen molar-refractivity contribution in [1.82, 2.24) is 5.32 Å². The van der Waals surface area contributed by atoms with Crippen LogP contribution in [0, 0.1) is 0 Å². The van der Waals surface area contributed by atoms with E-state index in [1.54, 1.807) is 18.2 Å². The van der Waals surface area contributed by atoms with Gasteiger partial charge in [-0.1, -0.05) is 18.2 Å². The number of carbonyl (C=O) groups is 1. The number of carboxylic acid groups (broad SMARTS) is 1. The van der Waals surface area contributed by atoms with Gasteiger partial charge in [-0.2, -0.15) is 0 Å². The van der Waals surface area contributed by atoms with E-state index < -0.39 is 11.4 Å². The fourth-order valence-electron chi connectivity index (χ4n) is 2.10. The van der Waals surface area contributed by atoms with Crippen LogP contribution in [0.25, 0.3) is 0 Å². The number of carboxylic acids is 1. The smallest absolute Gasteiger partial charge is 0.315 e. The van der Waals surface area contributed by atoms with Crippen LogP contribution in [0.3, 0.4) is 0 Å². The summed E-state index contributed by atoms with van der Waals surface area (Å²) in [5.41, 5.74) is -0.465. The highest BCUT2D eigenvalue weighted by Crippen LogP contribution is 2.36. The summed E-state index contributed by atoms with van der Waals surface area (Å²) in [6.45, 7) is 1.04. The van der Waals surface area contributed by atoms with E-state index in [1.165, 1.54) is 6.07 Å². The summed E-state index contributed by atoms with van der Waals surface area (Å²) >= 11 is 0. The van der Waals surface area contributed by atoms with Crippen LogP contribution in [0.15, 0.2) is 24.3 Å². The molecule has 1 unspecified atom stereocenters. The summed E-state index contributed by atoms with van der Waals surface area (Å²) in [5, 5.41) is 22.0. The monoisotopic (exact) mass is 207 g/mol. The van der Waals surface area contributed by atoms with E-state index in [4.69, 9.17) is 0 Å². The summed E-state index contributed by atoms with van der Waals surface area (Å²) in [7, 11) is 0. The highest BCUT2D eigenvalue weighted by Gasteiger charge is 2.44. The van der Waals surface area contributed by atoms with Crippen molar-refractivity contribution < 1.29 is 15.0 Å². The maximum Gasteiger partial charge on any atom is 0.315 e. The van der Waals surface area contributed by atoms with Crippen molar-refractivity contribution in [3.63, 3.8) is 0 Å². The predicted molar refractivity (Wildman–Crippen MR) is 54.9 cm³/mol. The second-order valence-electron chi connectivity index (χ2n) is 3.83. The molecule has 1 atom stereocenters. The van der Waals surface area contributed by atoms with Crippen molar-refractivity contribution in [2.24, 2.45) is 0 Å². The number of aliphatic carboxylic acids is 1. The average molecular weight is 207 g/mol. The largest absolute Gasteiger partial charge is 0.508 e.